The molecule has 0 radical (unpaired) electrons. The average molecular weight is 269 g/mol. The zero-order chi connectivity index (χ0) is 14.5. The van der Waals surface area contributed by atoms with E-state index in [-0.39, 0.29) is 0 Å². The number of para-hydroxylation sites is 1. The number of benzene rings is 2. The van der Waals surface area contributed by atoms with Crippen LogP contribution in [0.3, 0.4) is 0 Å². The van der Waals surface area contributed by atoms with Crippen LogP contribution >= 0.6 is 0 Å². The van der Waals surface area contributed by atoms with E-state index in [1.807, 2.05) is 38.1 Å². The number of rotatable bonds is 4. The van der Waals surface area contributed by atoms with Gasteiger partial charge < -0.3 is 0 Å². The van der Waals surface area contributed by atoms with Gasteiger partial charge in [0.25, 0.3) is 5.91 Å². The summed E-state index contributed by atoms with van der Waals surface area (Å²) in [6.07, 6.45) is 1.53. The van der Waals surface area contributed by atoms with E-state index >= 15 is 0 Å². The highest BCUT2D eigenvalue weighted by Gasteiger charge is 2.20. The summed E-state index contributed by atoms with van der Waals surface area (Å²) < 4.78 is 0. The first-order valence-corrected chi connectivity index (χ1v) is 6.88. The van der Waals surface area contributed by atoms with Crippen LogP contribution in [0, 0.1) is 0 Å². The number of anilines is 1. The van der Waals surface area contributed by atoms with Crippen LogP contribution in [0.15, 0.2) is 48.5 Å². The van der Waals surface area contributed by atoms with Gasteiger partial charge in [-0.15, -0.1) is 0 Å². The minimum atomic E-state index is -0.402. The summed E-state index contributed by atoms with van der Waals surface area (Å²) in [6, 6.07) is 14.7. The van der Waals surface area contributed by atoms with Gasteiger partial charge in [-0.05, 0) is 36.1 Å². The molecule has 0 saturated carbocycles. The van der Waals surface area contributed by atoms with Gasteiger partial charge in [-0.2, -0.15) is 5.06 Å². The van der Waals surface area contributed by atoms with E-state index in [9.17, 15) is 10.0 Å². The third-order valence-electron chi connectivity index (χ3n) is 3.39. The maximum absolute atomic E-state index is 12.4. The van der Waals surface area contributed by atoms with E-state index in [4.69, 9.17) is 0 Å². The van der Waals surface area contributed by atoms with Crippen LogP contribution in [0.2, 0.25) is 0 Å². The lowest BCUT2D eigenvalue weighted by Gasteiger charge is -2.21. The predicted molar refractivity (Wildman–Crippen MR) is 80.2 cm³/mol. The minimum Gasteiger partial charge on any atom is -0.281 e. The second-order valence-electron chi connectivity index (χ2n) is 4.61. The molecule has 0 saturated heterocycles. The Kier molecular flexibility index (Phi) is 4.53. The molecule has 2 aromatic rings. The fourth-order valence-electron chi connectivity index (χ4n) is 2.29. The Bertz CT molecular complexity index is 571. The van der Waals surface area contributed by atoms with Crippen LogP contribution in [0.5, 0.6) is 0 Å². The van der Waals surface area contributed by atoms with Crippen molar-refractivity contribution < 1.29 is 10.0 Å². The summed E-state index contributed by atoms with van der Waals surface area (Å²) in [5.74, 6) is -0.402. The van der Waals surface area contributed by atoms with Crippen LogP contribution in [0.4, 0.5) is 5.69 Å². The Morgan fingerprint density at radius 3 is 2.00 bits per heavy atom. The second-order valence-corrected chi connectivity index (χ2v) is 4.61. The van der Waals surface area contributed by atoms with Gasteiger partial charge in [0.05, 0.1) is 5.69 Å². The maximum Gasteiger partial charge on any atom is 0.282 e. The molecule has 0 heterocycles. The number of amides is 1. The zero-order valence-electron chi connectivity index (χ0n) is 11.8. The molecule has 1 N–H and O–H groups in total. The Balaban J connectivity index is 2.43. The lowest BCUT2D eigenvalue weighted by atomic mass is 10.0. The normalized spacial score (nSPS) is 10.3. The molecular weight excluding hydrogens is 250 g/mol. The fourth-order valence-corrected chi connectivity index (χ4v) is 2.29. The lowest BCUT2D eigenvalue weighted by molar-refractivity contribution is 0.0853. The van der Waals surface area contributed by atoms with Gasteiger partial charge in [0, 0.05) is 5.56 Å². The third kappa shape index (κ3) is 2.73. The Morgan fingerprint density at radius 2 is 1.50 bits per heavy atom. The van der Waals surface area contributed by atoms with Crippen LogP contribution in [0.1, 0.15) is 35.3 Å². The van der Waals surface area contributed by atoms with Crippen LogP contribution in [0.25, 0.3) is 0 Å². The van der Waals surface area contributed by atoms with E-state index in [0.29, 0.717) is 11.3 Å². The molecule has 0 aliphatic rings. The molecule has 104 valence electrons. The van der Waals surface area contributed by atoms with Gasteiger partial charge in [0.15, 0.2) is 0 Å². The molecule has 3 heteroatoms. The van der Waals surface area contributed by atoms with E-state index < -0.39 is 5.91 Å². The largest absolute Gasteiger partial charge is 0.282 e. The maximum atomic E-state index is 12.4. The van der Waals surface area contributed by atoms with E-state index in [2.05, 4.69) is 0 Å². The topological polar surface area (TPSA) is 40.5 Å². The summed E-state index contributed by atoms with van der Waals surface area (Å²) >= 11 is 0. The second kappa shape index (κ2) is 6.35. The van der Waals surface area contributed by atoms with E-state index in [1.54, 1.807) is 24.3 Å². The molecule has 0 aromatic heterocycles. The van der Waals surface area contributed by atoms with Crippen molar-refractivity contribution in [1.29, 1.82) is 0 Å². The van der Waals surface area contributed by atoms with Crippen molar-refractivity contribution >= 4 is 11.6 Å². The number of hydrogen-bond acceptors (Lipinski definition) is 2. The van der Waals surface area contributed by atoms with Crippen LogP contribution in [-0.4, -0.2) is 11.1 Å². The fraction of sp³-hybridized carbons (Fsp3) is 0.235. The van der Waals surface area contributed by atoms with Crippen molar-refractivity contribution in [3.8, 4) is 0 Å². The molecule has 0 spiro atoms. The van der Waals surface area contributed by atoms with Crippen molar-refractivity contribution in [2.75, 3.05) is 5.06 Å². The average Bonchev–Trinajstić information content (AvgIpc) is 2.53. The SMILES string of the molecule is CCc1cccc(CC)c1N(O)C(=O)c1ccccc1. The number of carbonyl (C=O) groups excluding carboxylic acids is 1. The number of hydrogen-bond donors (Lipinski definition) is 1. The standard InChI is InChI=1S/C17H19NO2/c1-3-13-11-8-12-14(4-2)16(13)18(20)17(19)15-9-6-5-7-10-15/h5-12,20H,3-4H2,1-2H3. The van der Waals surface area contributed by atoms with E-state index in [0.717, 1.165) is 29.0 Å². The first kappa shape index (κ1) is 14.3. The summed E-state index contributed by atoms with van der Waals surface area (Å²) in [6.45, 7) is 4.03. The van der Waals surface area contributed by atoms with Crippen molar-refractivity contribution in [2.45, 2.75) is 26.7 Å². The number of carbonyl (C=O) groups is 1. The summed E-state index contributed by atoms with van der Waals surface area (Å²) in [5.41, 5.74) is 3.03. The highest BCUT2D eigenvalue weighted by atomic mass is 16.5. The summed E-state index contributed by atoms with van der Waals surface area (Å²) in [7, 11) is 0. The van der Waals surface area contributed by atoms with Gasteiger partial charge in [-0.3, -0.25) is 10.0 Å². The minimum absolute atomic E-state index is 0.402. The van der Waals surface area contributed by atoms with Gasteiger partial charge in [0.2, 0.25) is 0 Å². The Labute approximate surface area is 119 Å². The zero-order valence-corrected chi connectivity index (χ0v) is 11.8. The first-order valence-electron chi connectivity index (χ1n) is 6.88. The van der Waals surface area contributed by atoms with Gasteiger partial charge >= 0.3 is 0 Å². The van der Waals surface area contributed by atoms with Crippen molar-refractivity contribution in [1.82, 2.24) is 0 Å². The Morgan fingerprint density at radius 1 is 0.950 bits per heavy atom. The van der Waals surface area contributed by atoms with Crippen molar-refractivity contribution in [2.24, 2.45) is 0 Å². The number of nitrogens with zero attached hydrogens (tertiary/aromatic N) is 1. The highest BCUT2D eigenvalue weighted by molar-refractivity contribution is 6.05. The molecule has 0 fully saturated rings. The predicted octanol–water partition coefficient (Wildman–Crippen LogP) is 3.85. The molecule has 20 heavy (non-hydrogen) atoms. The molecule has 1 amide bonds. The third-order valence-corrected chi connectivity index (χ3v) is 3.39. The van der Waals surface area contributed by atoms with Gasteiger partial charge in [-0.1, -0.05) is 50.2 Å². The number of aryl methyl sites for hydroxylation is 2. The smallest absolute Gasteiger partial charge is 0.281 e. The first-order chi connectivity index (χ1) is 9.69. The summed E-state index contributed by atoms with van der Waals surface area (Å²) in [4.78, 5) is 12.4. The monoisotopic (exact) mass is 269 g/mol. The molecule has 0 unspecified atom stereocenters. The molecule has 2 rings (SSSR count). The molecule has 0 atom stereocenters. The molecular formula is C17H19NO2. The van der Waals surface area contributed by atoms with Crippen LogP contribution in [-0.2, 0) is 12.8 Å². The van der Waals surface area contributed by atoms with Crippen molar-refractivity contribution in [3.05, 3.63) is 65.2 Å². The molecule has 2 aromatic carbocycles. The lowest BCUT2D eigenvalue weighted by Crippen LogP contribution is -2.29. The highest BCUT2D eigenvalue weighted by Crippen LogP contribution is 2.27. The molecule has 3 nitrogen and oxygen atoms in total. The molecule has 0 aliphatic carbocycles. The molecule has 0 aliphatic heterocycles. The van der Waals surface area contributed by atoms with Crippen LogP contribution < -0.4 is 5.06 Å². The quantitative estimate of drug-likeness (QED) is 0.676. The van der Waals surface area contributed by atoms with Gasteiger partial charge in [0.1, 0.15) is 0 Å². The number of hydroxylamine groups is 1. The van der Waals surface area contributed by atoms with Gasteiger partial charge in [-0.25, -0.2) is 0 Å². The molecule has 0 bridgehead atoms. The Hall–Kier alpha value is -2.13. The van der Waals surface area contributed by atoms with E-state index in [1.165, 1.54) is 0 Å². The summed E-state index contributed by atoms with van der Waals surface area (Å²) in [5, 5.41) is 11.1. The van der Waals surface area contributed by atoms with Crippen molar-refractivity contribution in [3.63, 3.8) is 0 Å².